The molecule has 1 fully saturated rings. The molecule has 9 nitrogen and oxygen atoms in total. The first-order valence-electron chi connectivity index (χ1n) is 9.11. The van der Waals surface area contributed by atoms with E-state index in [1.54, 1.807) is 0 Å². The van der Waals surface area contributed by atoms with Crippen molar-refractivity contribution in [1.29, 1.82) is 0 Å². The van der Waals surface area contributed by atoms with Gasteiger partial charge in [0, 0.05) is 24.0 Å². The molecule has 0 bridgehead atoms. The number of carbonyl (C=O) groups excluding carboxylic acids is 1. The number of methoxy groups -OCH3 is 1. The number of nitro groups is 1. The smallest absolute Gasteiger partial charge is 0.296 e. The molecule has 1 aliphatic rings. The minimum Gasteiger partial charge on any atom is -0.496 e. The van der Waals surface area contributed by atoms with E-state index in [0.717, 1.165) is 0 Å². The van der Waals surface area contributed by atoms with Gasteiger partial charge in [-0.2, -0.15) is 4.31 Å². The van der Waals surface area contributed by atoms with Crippen molar-refractivity contribution in [3.8, 4) is 5.75 Å². The number of amides is 1. The minimum absolute atomic E-state index is 0.0713. The number of carbonyl (C=O) groups is 1. The monoisotopic (exact) mass is 453 g/mol. The lowest BCUT2D eigenvalue weighted by Gasteiger charge is -2.30. The van der Waals surface area contributed by atoms with Crippen LogP contribution in [0, 0.1) is 16.0 Å². The van der Waals surface area contributed by atoms with Gasteiger partial charge in [0.15, 0.2) is 0 Å². The first kappa shape index (κ1) is 22.0. The molecular formula is C19H20ClN3O6S. The van der Waals surface area contributed by atoms with Crippen molar-refractivity contribution in [1.82, 2.24) is 4.31 Å². The number of nitrogens with one attached hydrogen (secondary N) is 1. The van der Waals surface area contributed by atoms with Crippen molar-refractivity contribution in [2.45, 2.75) is 17.7 Å². The van der Waals surface area contributed by atoms with Gasteiger partial charge in [0.25, 0.3) is 5.69 Å². The van der Waals surface area contributed by atoms with Crippen molar-refractivity contribution in [3.63, 3.8) is 0 Å². The Bertz CT molecular complexity index is 1050. The van der Waals surface area contributed by atoms with Crippen molar-refractivity contribution in [3.05, 3.63) is 57.6 Å². The molecule has 0 aromatic heterocycles. The van der Waals surface area contributed by atoms with Gasteiger partial charge in [0.1, 0.15) is 11.4 Å². The van der Waals surface area contributed by atoms with Crippen molar-refractivity contribution >= 4 is 38.9 Å². The van der Waals surface area contributed by atoms with Crippen LogP contribution in [-0.2, 0) is 14.8 Å². The van der Waals surface area contributed by atoms with Crippen molar-refractivity contribution in [2.75, 3.05) is 25.5 Å². The van der Waals surface area contributed by atoms with Crippen LogP contribution in [-0.4, -0.2) is 43.8 Å². The average molecular weight is 454 g/mol. The van der Waals surface area contributed by atoms with Gasteiger partial charge < -0.3 is 10.1 Å². The molecule has 0 unspecified atom stereocenters. The summed E-state index contributed by atoms with van der Waals surface area (Å²) in [4.78, 5) is 23.4. The van der Waals surface area contributed by atoms with E-state index in [2.05, 4.69) is 5.32 Å². The van der Waals surface area contributed by atoms with E-state index >= 15 is 0 Å². The number of hydrogen-bond acceptors (Lipinski definition) is 6. The van der Waals surface area contributed by atoms with Crippen LogP contribution < -0.4 is 10.1 Å². The summed E-state index contributed by atoms with van der Waals surface area (Å²) < 4.78 is 31.8. The number of rotatable bonds is 6. The van der Waals surface area contributed by atoms with Gasteiger partial charge in [-0.05, 0) is 49.2 Å². The molecule has 2 aromatic carbocycles. The Kier molecular flexibility index (Phi) is 6.59. The topological polar surface area (TPSA) is 119 Å². The standard InChI is InChI=1S/C19H20ClN3O6S/c1-29-15-4-7-17(18(12-15)23(25)26)21-19(24)13-8-10-22(11-9-13)30(27,28)16-5-2-14(20)3-6-16/h2-7,12-13H,8-11H2,1H3,(H,21,24). The summed E-state index contributed by atoms with van der Waals surface area (Å²) >= 11 is 5.81. The Morgan fingerprint density at radius 1 is 1.20 bits per heavy atom. The largest absolute Gasteiger partial charge is 0.496 e. The maximum atomic E-state index is 12.7. The number of nitro benzene ring substituents is 1. The zero-order valence-electron chi connectivity index (χ0n) is 16.1. The highest BCUT2D eigenvalue weighted by atomic mass is 35.5. The Hall–Kier alpha value is -2.69. The Morgan fingerprint density at radius 3 is 2.40 bits per heavy atom. The van der Waals surface area contributed by atoms with Crippen molar-refractivity contribution in [2.24, 2.45) is 5.92 Å². The van der Waals surface area contributed by atoms with Crippen LogP contribution in [0.4, 0.5) is 11.4 Å². The maximum absolute atomic E-state index is 12.7. The molecule has 1 aliphatic heterocycles. The first-order valence-corrected chi connectivity index (χ1v) is 10.9. The van der Waals surface area contributed by atoms with E-state index in [-0.39, 0.29) is 35.3 Å². The lowest BCUT2D eigenvalue weighted by Crippen LogP contribution is -2.41. The molecule has 0 saturated carbocycles. The molecule has 30 heavy (non-hydrogen) atoms. The third-order valence-corrected chi connectivity index (χ3v) is 7.10. The lowest BCUT2D eigenvalue weighted by molar-refractivity contribution is -0.384. The van der Waals surface area contributed by atoms with Crippen LogP contribution in [0.15, 0.2) is 47.4 Å². The summed E-state index contributed by atoms with van der Waals surface area (Å²) in [7, 11) is -2.28. The second-order valence-electron chi connectivity index (χ2n) is 6.76. The summed E-state index contributed by atoms with van der Waals surface area (Å²) in [6.45, 7) is 0.349. The van der Waals surface area contributed by atoms with Crippen LogP contribution in [0.3, 0.4) is 0 Å². The molecule has 0 spiro atoms. The van der Waals surface area contributed by atoms with Gasteiger partial charge >= 0.3 is 0 Å². The molecule has 0 atom stereocenters. The highest BCUT2D eigenvalue weighted by Crippen LogP contribution is 2.31. The van der Waals surface area contributed by atoms with Gasteiger partial charge in [-0.3, -0.25) is 14.9 Å². The van der Waals surface area contributed by atoms with E-state index in [9.17, 15) is 23.3 Å². The number of anilines is 1. The molecule has 0 aliphatic carbocycles. The number of benzene rings is 2. The van der Waals surface area contributed by atoms with Crippen molar-refractivity contribution < 1.29 is 22.9 Å². The zero-order valence-corrected chi connectivity index (χ0v) is 17.6. The van der Waals surface area contributed by atoms with Gasteiger partial charge in [0.2, 0.25) is 15.9 Å². The minimum atomic E-state index is -3.67. The molecule has 11 heteroatoms. The van der Waals surface area contributed by atoms with E-state index < -0.39 is 20.9 Å². The van der Waals surface area contributed by atoms with E-state index in [4.69, 9.17) is 16.3 Å². The summed E-state index contributed by atoms with van der Waals surface area (Å²) in [5.41, 5.74) is -0.201. The Balaban J connectivity index is 1.66. The average Bonchev–Trinajstić information content (AvgIpc) is 2.74. The van der Waals surface area contributed by atoms with E-state index in [0.29, 0.717) is 23.6 Å². The molecular weight excluding hydrogens is 434 g/mol. The van der Waals surface area contributed by atoms with Gasteiger partial charge in [-0.25, -0.2) is 8.42 Å². The summed E-state index contributed by atoms with van der Waals surface area (Å²) in [5, 5.41) is 14.3. The number of nitrogens with zero attached hydrogens (tertiary/aromatic N) is 2. The fourth-order valence-electron chi connectivity index (χ4n) is 3.24. The number of halogens is 1. The lowest BCUT2D eigenvalue weighted by atomic mass is 9.97. The van der Waals surface area contributed by atoms with E-state index in [1.807, 2.05) is 0 Å². The molecule has 2 aromatic rings. The second kappa shape index (κ2) is 8.99. The molecule has 1 N–H and O–H groups in total. The highest BCUT2D eigenvalue weighted by molar-refractivity contribution is 7.89. The molecule has 1 amide bonds. The molecule has 1 saturated heterocycles. The van der Waals surface area contributed by atoms with Gasteiger partial charge in [-0.15, -0.1) is 0 Å². The molecule has 1 heterocycles. The fraction of sp³-hybridized carbons (Fsp3) is 0.316. The molecule has 160 valence electrons. The van der Waals surface area contributed by atoms with Crippen LogP contribution in [0.5, 0.6) is 5.75 Å². The molecule has 3 rings (SSSR count). The predicted octanol–water partition coefficient (Wildman–Crippen LogP) is 3.30. The second-order valence-corrected chi connectivity index (χ2v) is 9.14. The SMILES string of the molecule is COc1ccc(NC(=O)C2CCN(S(=O)(=O)c3ccc(Cl)cc3)CC2)c([N+](=O)[O-])c1. The normalized spacial score (nSPS) is 15.5. The molecule has 0 radical (unpaired) electrons. The van der Waals surface area contributed by atoms with Crippen LogP contribution in [0.25, 0.3) is 0 Å². The quantitative estimate of drug-likeness (QED) is 0.529. The Morgan fingerprint density at radius 2 is 1.83 bits per heavy atom. The third kappa shape index (κ3) is 4.72. The summed E-state index contributed by atoms with van der Waals surface area (Å²) in [6.07, 6.45) is 0.616. The van der Waals surface area contributed by atoms with Crippen LogP contribution in [0.2, 0.25) is 5.02 Å². The number of piperidine rings is 1. The number of hydrogen-bond donors (Lipinski definition) is 1. The number of sulfonamides is 1. The highest BCUT2D eigenvalue weighted by Gasteiger charge is 2.32. The summed E-state index contributed by atoms with van der Waals surface area (Å²) in [5.74, 6) is -0.532. The maximum Gasteiger partial charge on any atom is 0.296 e. The van der Waals surface area contributed by atoms with E-state index in [1.165, 1.54) is 53.9 Å². The predicted molar refractivity (Wildman–Crippen MR) is 111 cm³/mol. The first-order chi connectivity index (χ1) is 14.2. The third-order valence-electron chi connectivity index (χ3n) is 4.94. The summed E-state index contributed by atoms with van der Waals surface area (Å²) in [6, 6.07) is 10.1. The Labute approximate surface area is 178 Å². The fourth-order valence-corrected chi connectivity index (χ4v) is 4.84. The van der Waals surface area contributed by atoms with Crippen LogP contribution >= 0.6 is 11.6 Å². The number of ether oxygens (including phenoxy) is 1. The van der Waals surface area contributed by atoms with Gasteiger partial charge in [-0.1, -0.05) is 11.6 Å². The van der Waals surface area contributed by atoms with Crippen LogP contribution in [0.1, 0.15) is 12.8 Å². The zero-order chi connectivity index (χ0) is 21.9. The van der Waals surface area contributed by atoms with Gasteiger partial charge in [0.05, 0.1) is 23.0 Å².